The molecule has 0 amide bonds. The van der Waals surface area contributed by atoms with E-state index in [1.54, 1.807) is 19.1 Å². The molecular weight excluding hydrogens is 364 g/mol. The Morgan fingerprint density at radius 1 is 1.18 bits per heavy atom. The van der Waals surface area contributed by atoms with E-state index < -0.39 is 29.0 Å². The lowest BCUT2D eigenvalue weighted by Crippen LogP contribution is -2.23. The monoisotopic (exact) mass is 380 g/mol. The molecule has 2 heterocycles. The number of phenolic OH excluding ortho intramolecular Hbond substituents is 2. The fourth-order valence-corrected chi connectivity index (χ4v) is 3.76. The van der Waals surface area contributed by atoms with Gasteiger partial charge in [-0.2, -0.15) is 0 Å². The van der Waals surface area contributed by atoms with Crippen molar-refractivity contribution in [1.29, 1.82) is 0 Å². The van der Waals surface area contributed by atoms with Crippen LogP contribution in [-0.4, -0.2) is 22.0 Å². The summed E-state index contributed by atoms with van der Waals surface area (Å²) in [4.78, 5) is 36.6. The Bertz CT molecular complexity index is 1220. The van der Waals surface area contributed by atoms with Crippen molar-refractivity contribution in [2.75, 3.05) is 0 Å². The second kappa shape index (κ2) is 6.23. The Labute approximate surface area is 158 Å². The SMILES string of the molecule is CC(=O)c1c2c(c3oc(=O)cc(C)c3c1O)[C@@H](c1cccc(O)c1)CC(=O)O2. The quantitative estimate of drug-likeness (QED) is 0.304. The molecule has 3 aromatic rings. The van der Waals surface area contributed by atoms with E-state index >= 15 is 0 Å². The number of hydrogen-bond acceptors (Lipinski definition) is 7. The third-order valence-corrected chi connectivity index (χ3v) is 4.91. The van der Waals surface area contributed by atoms with Gasteiger partial charge in [-0.15, -0.1) is 0 Å². The predicted molar refractivity (Wildman–Crippen MR) is 99.1 cm³/mol. The van der Waals surface area contributed by atoms with E-state index in [1.165, 1.54) is 25.1 Å². The number of fused-ring (bicyclic) bond motifs is 3. The number of hydrogen-bond donors (Lipinski definition) is 2. The van der Waals surface area contributed by atoms with E-state index in [2.05, 4.69) is 0 Å². The maximum atomic E-state index is 12.3. The topological polar surface area (TPSA) is 114 Å². The number of ether oxygens (including phenoxy) is 1. The standard InChI is InChI=1S/C21H16O7/c1-9-6-14(24)27-20-16(9)19(26)17(10(2)22)21-18(20)13(8-15(25)28-21)11-4-3-5-12(23)7-11/h3-7,13,23,26H,8H2,1-2H3/t13-/m1/s1. The number of carbonyl (C=O) groups excluding carboxylic acids is 2. The van der Waals surface area contributed by atoms with Gasteiger partial charge >= 0.3 is 11.6 Å². The molecule has 7 nitrogen and oxygen atoms in total. The number of esters is 1. The summed E-state index contributed by atoms with van der Waals surface area (Å²) < 4.78 is 10.7. The van der Waals surface area contributed by atoms with E-state index in [0.29, 0.717) is 16.7 Å². The smallest absolute Gasteiger partial charge is 0.336 e. The third kappa shape index (κ3) is 2.63. The largest absolute Gasteiger partial charge is 0.508 e. The van der Waals surface area contributed by atoms with Gasteiger partial charge < -0.3 is 19.4 Å². The summed E-state index contributed by atoms with van der Waals surface area (Å²) in [6.07, 6.45) is -0.0780. The molecule has 28 heavy (non-hydrogen) atoms. The number of phenols is 2. The number of Topliss-reactive ketones (excluding diaryl/α,β-unsaturated/α-hetero) is 1. The molecule has 0 spiro atoms. The van der Waals surface area contributed by atoms with Crippen molar-refractivity contribution in [3.05, 3.63) is 63.0 Å². The summed E-state index contributed by atoms with van der Waals surface area (Å²) in [6.45, 7) is 2.87. The van der Waals surface area contributed by atoms with Gasteiger partial charge in [0.2, 0.25) is 0 Å². The normalized spacial score (nSPS) is 15.9. The van der Waals surface area contributed by atoms with Crippen LogP contribution in [0.5, 0.6) is 17.2 Å². The number of ketones is 1. The lowest BCUT2D eigenvalue weighted by molar-refractivity contribution is -0.135. The van der Waals surface area contributed by atoms with Crippen LogP contribution in [0.25, 0.3) is 11.0 Å². The van der Waals surface area contributed by atoms with Crippen molar-refractivity contribution in [2.45, 2.75) is 26.2 Å². The van der Waals surface area contributed by atoms with Crippen LogP contribution in [0.15, 0.2) is 39.5 Å². The maximum Gasteiger partial charge on any atom is 0.336 e. The fourth-order valence-electron chi connectivity index (χ4n) is 3.76. The van der Waals surface area contributed by atoms with Gasteiger partial charge in [0.15, 0.2) is 11.5 Å². The molecule has 4 rings (SSSR count). The number of aryl methyl sites for hydroxylation is 1. The fraction of sp³-hybridized carbons (Fsp3) is 0.190. The van der Waals surface area contributed by atoms with Crippen molar-refractivity contribution in [3.8, 4) is 17.2 Å². The zero-order valence-electron chi connectivity index (χ0n) is 15.1. The van der Waals surface area contributed by atoms with Crippen molar-refractivity contribution in [3.63, 3.8) is 0 Å². The first-order valence-electron chi connectivity index (χ1n) is 8.61. The minimum atomic E-state index is -0.631. The Morgan fingerprint density at radius 2 is 1.93 bits per heavy atom. The maximum absolute atomic E-state index is 12.3. The first-order valence-corrected chi connectivity index (χ1v) is 8.61. The minimum absolute atomic E-state index is 0.00509. The van der Waals surface area contributed by atoms with E-state index in [4.69, 9.17) is 9.15 Å². The molecule has 1 aliphatic heterocycles. The molecule has 2 aromatic carbocycles. The van der Waals surface area contributed by atoms with Crippen molar-refractivity contribution in [2.24, 2.45) is 0 Å². The summed E-state index contributed by atoms with van der Waals surface area (Å²) in [5.74, 6) is -2.23. The highest BCUT2D eigenvalue weighted by Gasteiger charge is 2.37. The van der Waals surface area contributed by atoms with Crippen LogP contribution in [0, 0.1) is 6.92 Å². The molecule has 1 aromatic heterocycles. The average Bonchev–Trinajstić information content (AvgIpc) is 2.59. The van der Waals surface area contributed by atoms with Crippen molar-refractivity contribution < 1.29 is 29.0 Å². The van der Waals surface area contributed by atoms with Crippen LogP contribution in [0.2, 0.25) is 0 Å². The van der Waals surface area contributed by atoms with E-state index in [1.807, 2.05) is 0 Å². The van der Waals surface area contributed by atoms with E-state index in [-0.39, 0.29) is 34.5 Å². The summed E-state index contributed by atoms with van der Waals surface area (Å²) in [7, 11) is 0. The molecule has 2 N–H and O–H groups in total. The van der Waals surface area contributed by atoms with Gasteiger partial charge in [0.25, 0.3) is 0 Å². The van der Waals surface area contributed by atoms with Gasteiger partial charge in [0.05, 0.1) is 11.8 Å². The second-order valence-corrected chi connectivity index (χ2v) is 6.80. The summed E-state index contributed by atoms with van der Waals surface area (Å²) in [6, 6.07) is 7.54. The van der Waals surface area contributed by atoms with Crippen molar-refractivity contribution in [1.82, 2.24) is 0 Å². The molecule has 1 aliphatic rings. The van der Waals surface area contributed by atoms with E-state index in [0.717, 1.165) is 0 Å². The first-order chi connectivity index (χ1) is 13.3. The molecule has 0 fully saturated rings. The molecule has 142 valence electrons. The molecule has 1 atom stereocenters. The van der Waals surface area contributed by atoms with Gasteiger partial charge in [0.1, 0.15) is 22.6 Å². The van der Waals surface area contributed by atoms with Crippen LogP contribution in [-0.2, 0) is 4.79 Å². The van der Waals surface area contributed by atoms with Crippen LogP contribution in [0.3, 0.4) is 0 Å². The van der Waals surface area contributed by atoms with Gasteiger partial charge in [-0.05, 0) is 37.1 Å². The Morgan fingerprint density at radius 3 is 2.61 bits per heavy atom. The number of aromatic hydroxyl groups is 2. The molecule has 7 heteroatoms. The molecule has 0 saturated heterocycles. The highest BCUT2D eigenvalue weighted by Crippen LogP contribution is 2.49. The second-order valence-electron chi connectivity index (χ2n) is 6.80. The number of carbonyl (C=O) groups is 2. The summed E-state index contributed by atoms with van der Waals surface area (Å²) >= 11 is 0. The van der Waals surface area contributed by atoms with Crippen molar-refractivity contribution >= 4 is 22.7 Å². The van der Waals surface area contributed by atoms with Crippen LogP contribution in [0.4, 0.5) is 0 Å². The summed E-state index contributed by atoms with van der Waals surface area (Å²) in [5, 5.41) is 20.8. The molecule has 0 unspecified atom stereocenters. The van der Waals surface area contributed by atoms with Gasteiger partial charge in [-0.3, -0.25) is 9.59 Å². The minimum Gasteiger partial charge on any atom is -0.508 e. The van der Waals surface area contributed by atoms with Gasteiger partial charge in [0, 0.05) is 17.5 Å². The Hall–Kier alpha value is -3.61. The molecule has 0 aliphatic carbocycles. The first kappa shape index (κ1) is 17.8. The van der Waals surface area contributed by atoms with Crippen LogP contribution < -0.4 is 10.4 Å². The summed E-state index contributed by atoms with van der Waals surface area (Å²) in [5.41, 5.74) is 0.628. The van der Waals surface area contributed by atoms with Crippen LogP contribution >= 0.6 is 0 Å². The average molecular weight is 380 g/mol. The van der Waals surface area contributed by atoms with Gasteiger partial charge in [-0.1, -0.05) is 12.1 Å². The highest BCUT2D eigenvalue weighted by atomic mass is 16.5. The number of benzene rings is 2. The lowest BCUT2D eigenvalue weighted by atomic mass is 9.82. The van der Waals surface area contributed by atoms with E-state index in [9.17, 15) is 24.6 Å². The Kier molecular flexibility index (Phi) is 3.96. The number of rotatable bonds is 2. The Balaban J connectivity index is 2.19. The van der Waals surface area contributed by atoms with Gasteiger partial charge in [-0.25, -0.2) is 4.79 Å². The highest BCUT2D eigenvalue weighted by molar-refractivity contribution is 6.09. The molecule has 0 saturated carbocycles. The molecular formula is C21H16O7. The zero-order chi connectivity index (χ0) is 20.2. The molecule has 0 bridgehead atoms. The zero-order valence-corrected chi connectivity index (χ0v) is 15.1. The van der Waals surface area contributed by atoms with Crippen LogP contribution in [0.1, 0.15) is 46.3 Å². The lowest BCUT2D eigenvalue weighted by Gasteiger charge is -2.28. The molecule has 0 radical (unpaired) electrons. The predicted octanol–water partition coefficient (Wildman–Crippen LogP) is 3.16. The third-order valence-electron chi connectivity index (χ3n) is 4.91.